The van der Waals surface area contributed by atoms with Crippen LogP contribution in [0, 0.1) is 11.8 Å². The van der Waals surface area contributed by atoms with Crippen molar-refractivity contribution in [2.24, 2.45) is 0 Å². The Morgan fingerprint density at radius 2 is 1.90 bits per heavy atom. The molecule has 6 rings (SSSR count). The maximum Gasteiger partial charge on any atom is 0.296 e. The van der Waals surface area contributed by atoms with Crippen LogP contribution in [0.3, 0.4) is 0 Å². The van der Waals surface area contributed by atoms with Crippen molar-refractivity contribution in [2.75, 3.05) is 49.6 Å². The monoisotopic (exact) mass is 564 g/mol. The minimum Gasteiger partial charge on any atom is -0.378 e. The van der Waals surface area contributed by atoms with Crippen molar-refractivity contribution in [3.63, 3.8) is 0 Å². The highest BCUT2D eigenvalue weighted by Gasteiger charge is 2.24. The number of hydrogen-bond donors (Lipinski definition) is 3. The van der Waals surface area contributed by atoms with E-state index in [1.807, 2.05) is 36.4 Å². The van der Waals surface area contributed by atoms with Gasteiger partial charge >= 0.3 is 0 Å². The molecule has 2 saturated heterocycles. The Balaban J connectivity index is 1.08. The standard InChI is InChI=1S/C31H32N8O3/c1-2-3-28(40)35-24-9-11-38(19-24)18-21-8-10-32-27(16-21)31(41)36-23-6-4-22(5-7-23)26-17-25-29(37-26)33-20-34-30(25)39-12-14-42-15-13-39/h4-8,10,16-17,20,24H,9,11-15,18-19H2,1H3,(H,35,40)(H,36,41)(H,33,34,37). The average Bonchev–Trinajstić information content (AvgIpc) is 3.65. The minimum absolute atomic E-state index is 0.0787. The number of aromatic amines is 1. The molecule has 42 heavy (non-hydrogen) atoms. The Morgan fingerprint density at radius 1 is 1.07 bits per heavy atom. The number of nitrogens with zero attached hydrogens (tertiary/aromatic N) is 5. The van der Waals surface area contributed by atoms with Gasteiger partial charge in [-0.15, -0.1) is 0 Å². The number of amides is 2. The van der Waals surface area contributed by atoms with Crippen molar-refractivity contribution >= 4 is 34.4 Å². The van der Waals surface area contributed by atoms with Gasteiger partial charge in [-0.25, -0.2) is 9.97 Å². The summed E-state index contributed by atoms with van der Waals surface area (Å²) in [5, 5.41) is 6.87. The van der Waals surface area contributed by atoms with E-state index in [0.29, 0.717) is 31.1 Å². The number of rotatable bonds is 7. The maximum atomic E-state index is 13.0. The normalized spacial score (nSPS) is 17.1. The molecule has 2 fully saturated rings. The molecule has 1 unspecified atom stereocenters. The molecule has 2 amide bonds. The number of H-pyrrole nitrogens is 1. The second-order valence-corrected chi connectivity index (χ2v) is 10.4. The lowest BCUT2D eigenvalue weighted by atomic mass is 10.1. The summed E-state index contributed by atoms with van der Waals surface area (Å²) in [5.74, 6) is 5.54. The van der Waals surface area contributed by atoms with E-state index in [2.05, 4.69) is 58.3 Å². The first-order chi connectivity index (χ1) is 20.6. The van der Waals surface area contributed by atoms with Gasteiger partial charge in [0.15, 0.2) is 0 Å². The number of morpholine rings is 1. The summed E-state index contributed by atoms with van der Waals surface area (Å²) < 4.78 is 5.48. The van der Waals surface area contributed by atoms with E-state index in [1.165, 1.54) is 0 Å². The Hall–Kier alpha value is -4.79. The lowest BCUT2D eigenvalue weighted by Crippen LogP contribution is -2.36. The number of carbonyl (C=O) groups is 2. The zero-order valence-electron chi connectivity index (χ0n) is 23.4. The van der Waals surface area contributed by atoms with Gasteiger partial charge in [-0.3, -0.25) is 19.5 Å². The van der Waals surface area contributed by atoms with Crippen molar-refractivity contribution in [1.29, 1.82) is 0 Å². The molecule has 0 aliphatic carbocycles. The van der Waals surface area contributed by atoms with Crippen molar-refractivity contribution < 1.29 is 14.3 Å². The van der Waals surface area contributed by atoms with Gasteiger partial charge in [0.05, 0.1) is 18.6 Å². The quantitative estimate of drug-likeness (QED) is 0.293. The number of anilines is 2. The lowest BCUT2D eigenvalue weighted by Gasteiger charge is -2.27. The summed E-state index contributed by atoms with van der Waals surface area (Å²) in [6, 6.07) is 13.5. The highest BCUT2D eigenvalue weighted by molar-refractivity contribution is 6.03. The second kappa shape index (κ2) is 12.4. The Labute approximate surface area is 243 Å². The minimum atomic E-state index is -0.273. The van der Waals surface area contributed by atoms with Gasteiger partial charge < -0.3 is 25.3 Å². The second-order valence-electron chi connectivity index (χ2n) is 10.4. The Kier molecular flexibility index (Phi) is 8.07. The summed E-state index contributed by atoms with van der Waals surface area (Å²) in [6.45, 7) is 6.89. The van der Waals surface area contributed by atoms with E-state index in [-0.39, 0.29) is 17.9 Å². The number of ether oxygens (including phenoxy) is 1. The van der Waals surface area contributed by atoms with Crippen LogP contribution in [-0.2, 0) is 16.1 Å². The molecule has 11 nitrogen and oxygen atoms in total. The molecule has 2 aliphatic heterocycles. The first-order valence-corrected chi connectivity index (χ1v) is 14.0. The van der Waals surface area contributed by atoms with Gasteiger partial charge in [0.1, 0.15) is 23.5 Å². The van der Waals surface area contributed by atoms with Crippen LogP contribution in [0.25, 0.3) is 22.3 Å². The number of fused-ring (bicyclic) bond motifs is 1. The number of hydrogen-bond acceptors (Lipinski definition) is 8. The van der Waals surface area contributed by atoms with Gasteiger partial charge in [-0.1, -0.05) is 18.1 Å². The number of nitrogens with one attached hydrogen (secondary N) is 3. The SMILES string of the molecule is CC#CC(=O)NC1CCN(Cc2ccnc(C(=O)Nc3ccc(-c4cc5c(N6CCOCC6)ncnc5[nH]4)cc3)c2)C1. The fraction of sp³-hybridized carbons (Fsp3) is 0.323. The Morgan fingerprint density at radius 3 is 2.71 bits per heavy atom. The van der Waals surface area contributed by atoms with Crippen LogP contribution in [0.4, 0.5) is 11.5 Å². The van der Waals surface area contributed by atoms with Gasteiger partial charge in [0.25, 0.3) is 11.8 Å². The topological polar surface area (TPSA) is 128 Å². The molecular formula is C31H32N8O3. The molecule has 0 spiro atoms. The molecule has 4 aromatic rings. The van der Waals surface area contributed by atoms with Crippen LogP contribution in [0.1, 0.15) is 29.4 Å². The Bertz CT molecular complexity index is 1650. The molecule has 0 radical (unpaired) electrons. The summed E-state index contributed by atoms with van der Waals surface area (Å²) in [5.41, 5.74) is 4.70. The van der Waals surface area contributed by atoms with Crippen LogP contribution < -0.4 is 15.5 Å². The molecule has 0 bridgehead atoms. The van der Waals surface area contributed by atoms with Crippen LogP contribution in [0.5, 0.6) is 0 Å². The third-order valence-electron chi connectivity index (χ3n) is 7.48. The predicted molar refractivity (Wildman–Crippen MR) is 160 cm³/mol. The van der Waals surface area contributed by atoms with Crippen molar-refractivity contribution in [3.05, 3.63) is 66.2 Å². The number of aromatic nitrogens is 4. The fourth-order valence-corrected chi connectivity index (χ4v) is 5.42. The largest absolute Gasteiger partial charge is 0.378 e. The molecule has 2 aliphatic rings. The highest BCUT2D eigenvalue weighted by atomic mass is 16.5. The number of carbonyl (C=O) groups excluding carboxylic acids is 2. The molecule has 11 heteroatoms. The maximum absolute atomic E-state index is 13.0. The fourth-order valence-electron chi connectivity index (χ4n) is 5.42. The predicted octanol–water partition coefficient (Wildman–Crippen LogP) is 2.82. The molecule has 3 aromatic heterocycles. The number of pyridine rings is 1. The summed E-state index contributed by atoms with van der Waals surface area (Å²) >= 11 is 0. The summed E-state index contributed by atoms with van der Waals surface area (Å²) in [4.78, 5) is 45.9. The van der Waals surface area contributed by atoms with Crippen LogP contribution in [0.15, 0.2) is 55.0 Å². The van der Waals surface area contributed by atoms with E-state index in [9.17, 15) is 9.59 Å². The van der Waals surface area contributed by atoms with Crippen molar-refractivity contribution in [2.45, 2.75) is 25.9 Å². The number of likely N-dealkylation sites (tertiary alicyclic amines) is 1. The molecule has 1 atom stereocenters. The van der Waals surface area contributed by atoms with Gasteiger partial charge in [0.2, 0.25) is 0 Å². The van der Waals surface area contributed by atoms with Crippen LogP contribution in [0.2, 0.25) is 0 Å². The molecule has 3 N–H and O–H groups in total. The zero-order chi connectivity index (χ0) is 28.9. The zero-order valence-corrected chi connectivity index (χ0v) is 23.4. The van der Waals surface area contributed by atoms with Gasteiger partial charge in [0, 0.05) is 56.3 Å². The van der Waals surface area contributed by atoms with Gasteiger partial charge in [-0.2, -0.15) is 0 Å². The molecule has 214 valence electrons. The molecule has 0 saturated carbocycles. The van der Waals surface area contributed by atoms with Gasteiger partial charge in [-0.05, 0) is 60.7 Å². The molecule has 1 aromatic carbocycles. The van der Waals surface area contributed by atoms with E-state index < -0.39 is 0 Å². The molecule has 5 heterocycles. The summed E-state index contributed by atoms with van der Waals surface area (Å²) in [7, 11) is 0. The first-order valence-electron chi connectivity index (χ1n) is 14.0. The van der Waals surface area contributed by atoms with E-state index >= 15 is 0 Å². The van der Waals surface area contributed by atoms with E-state index in [1.54, 1.807) is 19.4 Å². The van der Waals surface area contributed by atoms with E-state index in [0.717, 1.165) is 66.3 Å². The lowest BCUT2D eigenvalue weighted by molar-refractivity contribution is -0.116. The van der Waals surface area contributed by atoms with Crippen molar-refractivity contribution in [3.8, 4) is 23.1 Å². The summed E-state index contributed by atoms with van der Waals surface area (Å²) in [6.07, 6.45) is 4.11. The third-order valence-corrected chi connectivity index (χ3v) is 7.48. The molecular weight excluding hydrogens is 532 g/mol. The first kappa shape index (κ1) is 27.4. The smallest absolute Gasteiger partial charge is 0.296 e. The highest BCUT2D eigenvalue weighted by Crippen LogP contribution is 2.29. The number of benzene rings is 1. The third kappa shape index (κ3) is 6.25. The van der Waals surface area contributed by atoms with E-state index in [4.69, 9.17) is 4.74 Å². The van der Waals surface area contributed by atoms with Crippen LogP contribution >= 0.6 is 0 Å². The van der Waals surface area contributed by atoms with Crippen molar-refractivity contribution in [1.82, 2.24) is 30.2 Å². The average molecular weight is 565 g/mol. The van der Waals surface area contributed by atoms with Crippen LogP contribution in [-0.4, -0.2) is 82.1 Å².